The van der Waals surface area contributed by atoms with E-state index in [4.69, 9.17) is 11.6 Å². The summed E-state index contributed by atoms with van der Waals surface area (Å²) >= 11 is 7.60. The Morgan fingerprint density at radius 2 is 2.17 bits per heavy atom. The van der Waals surface area contributed by atoms with Gasteiger partial charge >= 0.3 is 0 Å². The number of rotatable bonds is 4. The number of anilines is 1. The SMILES string of the molecule is Cc1nc(Cl)c(C=O)c(NCc2ccc(C)s2)n1. The van der Waals surface area contributed by atoms with Crippen molar-refractivity contribution < 1.29 is 4.79 Å². The van der Waals surface area contributed by atoms with Gasteiger partial charge in [-0.05, 0) is 26.0 Å². The Labute approximate surface area is 114 Å². The van der Waals surface area contributed by atoms with Gasteiger partial charge in [0.25, 0.3) is 0 Å². The number of aromatic nitrogens is 2. The number of nitrogens with zero attached hydrogens (tertiary/aromatic N) is 2. The molecule has 0 atom stereocenters. The summed E-state index contributed by atoms with van der Waals surface area (Å²) in [5, 5.41) is 3.30. The van der Waals surface area contributed by atoms with Gasteiger partial charge in [0, 0.05) is 9.75 Å². The predicted molar refractivity (Wildman–Crippen MR) is 73.5 cm³/mol. The lowest BCUT2D eigenvalue weighted by molar-refractivity contribution is 0.112. The smallest absolute Gasteiger partial charge is 0.156 e. The van der Waals surface area contributed by atoms with Crippen LogP contribution in [-0.4, -0.2) is 16.3 Å². The minimum absolute atomic E-state index is 0.183. The lowest BCUT2D eigenvalue weighted by Gasteiger charge is -2.08. The number of nitrogens with one attached hydrogen (secondary N) is 1. The Kier molecular flexibility index (Phi) is 3.93. The molecule has 18 heavy (non-hydrogen) atoms. The molecule has 0 aromatic carbocycles. The van der Waals surface area contributed by atoms with Crippen molar-refractivity contribution in [2.75, 3.05) is 5.32 Å². The molecule has 0 amide bonds. The Balaban J connectivity index is 2.20. The summed E-state index contributed by atoms with van der Waals surface area (Å²) in [6.45, 7) is 4.41. The zero-order valence-corrected chi connectivity index (χ0v) is 11.6. The fourth-order valence-electron chi connectivity index (χ4n) is 1.54. The lowest BCUT2D eigenvalue weighted by Crippen LogP contribution is -2.06. The van der Waals surface area contributed by atoms with Crippen LogP contribution in [0.2, 0.25) is 5.15 Å². The third-order valence-electron chi connectivity index (χ3n) is 2.35. The van der Waals surface area contributed by atoms with Crippen molar-refractivity contribution in [3.63, 3.8) is 0 Å². The Morgan fingerprint density at radius 1 is 1.39 bits per heavy atom. The molecule has 2 aromatic heterocycles. The number of hydrogen-bond donors (Lipinski definition) is 1. The summed E-state index contributed by atoms with van der Waals surface area (Å²) in [6, 6.07) is 4.10. The molecule has 0 unspecified atom stereocenters. The van der Waals surface area contributed by atoms with Gasteiger partial charge in [0.1, 0.15) is 16.8 Å². The van der Waals surface area contributed by atoms with E-state index in [1.807, 2.05) is 6.07 Å². The van der Waals surface area contributed by atoms with Gasteiger partial charge < -0.3 is 5.32 Å². The van der Waals surface area contributed by atoms with Crippen molar-refractivity contribution in [2.45, 2.75) is 20.4 Å². The number of hydrogen-bond acceptors (Lipinski definition) is 5. The molecule has 0 saturated heterocycles. The molecule has 0 saturated carbocycles. The highest BCUT2D eigenvalue weighted by Crippen LogP contribution is 2.21. The maximum atomic E-state index is 11.0. The molecule has 0 fully saturated rings. The van der Waals surface area contributed by atoms with Gasteiger partial charge in [-0.1, -0.05) is 11.6 Å². The first-order chi connectivity index (χ1) is 8.60. The van der Waals surface area contributed by atoms with Crippen molar-refractivity contribution >= 4 is 35.0 Å². The van der Waals surface area contributed by atoms with Crippen LogP contribution in [0.1, 0.15) is 25.9 Å². The monoisotopic (exact) mass is 281 g/mol. The Bertz CT molecular complexity index is 583. The molecule has 0 aliphatic rings. The van der Waals surface area contributed by atoms with Crippen LogP contribution in [0, 0.1) is 13.8 Å². The van der Waals surface area contributed by atoms with Gasteiger partial charge in [-0.3, -0.25) is 4.79 Å². The van der Waals surface area contributed by atoms with Crippen molar-refractivity contribution in [3.05, 3.63) is 38.4 Å². The average Bonchev–Trinajstić information content (AvgIpc) is 2.72. The molecule has 2 heterocycles. The zero-order chi connectivity index (χ0) is 13.1. The fourth-order valence-corrected chi connectivity index (χ4v) is 2.62. The third-order valence-corrected chi connectivity index (χ3v) is 3.64. The number of halogens is 1. The molecule has 4 nitrogen and oxygen atoms in total. The van der Waals surface area contributed by atoms with Crippen LogP contribution in [0.25, 0.3) is 0 Å². The van der Waals surface area contributed by atoms with E-state index in [1.165, 1.54) is 9.75 Å². The van der Waals surface area contributed by atoms with Crippen molar-refractivity contribution in [3.8, 4) is 0 Å². The first-order valence-corrected chi connectivity index (χ1v) is 6.58. The quantitative estimate of drug-likeness (QED) is 0.690. The maximum absolute atomic E-state index is 11.0. The topological polar surface area (TPSA) is 54.9 Å². The van der Waals surface area contributed by atoms with E-state index in [1.54, 1.807) is 18.3 Å². The fraction of sp³-hybridized carbons (Fsp3) is 0.250. The molecule has 94 valence electrons. The number of carbonyl (C=O) groups is 1. The molecule has 0 spiro atoms. The van der Waals surface area contributed by atoms with Crippen LogP contribution in [0.3, 0.4) is 0 Å². The second kappa shape index (κ2) is 5.46. The summed E-state index contributed by atoms with van der Waals surface area (Å²) in [5.41, 5.74) is 0.301. The molecule has 0 aliphatic heterocycles. The van der Waals surface area contributed by atoms with Gasteiger partial charge in [0.15, 0.2) is 6.29 Å². The van der Waals surface area contributed by atoms with Crippen molar-refractivity contribution in [2.24, 2.45) is 0 Å². The minimum atomic E-state index is 0.183. The van der Waals surface area contributed by atoms with Crippen LogP contribution in [0.4, 0.5) is 5.82 Å². The third kappa shape index (κ3) is 2.86. The summed E-state index contributed by atoms with van der Waals surface area (Å²) in [4.78, 5) is 21.5. The van der Waals surface area contributed by atoms with E-state index in [-0.39, 0.29) is 5.15 Å². The number of thiophene rings is 1. The standard InChI is InChI=1S/C12H12ClN3OS/c1-7-3-4-9(18-7)5-14-12-10(6-17)11(13)15-8(2)16-12/h3-4,6H,5H2,1-2H3,(H,14,15,16). The Hall–Kier alpha value is -1.46. The van der Waals surface area contributed by atoms with E-state index in [9.17, 15) is 4.79 Å². The zero-order valence-electron chi connectivity index (χ0n) is 10.0. The summed E-state index contributed by atoms with van der Waals surface area (Å²) in [5.74, 6) is 1.02. The number of carbonyl (C=O) groups excluding carboxylic acids is 1. The molecule has 1 N–H and O–H groups in total. The first-order valence-electron chi connectivity index (χ1n) is 5.38. The lowest BCUT2D eigenvalue weighted by atomic mass is 10.3. The molecule has 0 aliphatic carbocycles. The molecule has 2 rings (SSSR count). The second-order valence-electron chi connectivity index (χ2n) is 3.81. The van der Waals surface area contributed by atoms with Crippen LogP contribution >= 0.6 is 22.9 Å². The van der Waals surface area contributed by atoms with Gasteiger partial charge in [-0.2, -0.15) is 0 Å². The van der Waals surface area contributed by atoms with Gasteiger partial charge in [0.05, 0.1) is 12.1 Å². The molecule has 0 radical (unpaired) electrons. The van der Waals surface area contributed by atoms with Crippen LogP contribution in [0.15, 0.2) is 12.1 Å². The minimum Gasteiger partial charge on any atom is -0.364 e. The second-order valence-corrected chi connectivity index (χ2v) is 5.54. The molecule has 2 aromatic rings. The molecule has 0 bridgehead atoms. The Morgan fingerprint density at radius 3 is 2.78 bits per heavy atom. The highest BCUT2D eigenvalue weighted by molar-refractivity contribution is 7.11. The predicted octanol–water partition coefficient (Wildman–Crippen LogP) is 3.23. The molecular formula is C12H12ClN3OS. The van der Waals surface area contributed by atoms with Gasteiger partial charge in [-0.25, -0.2) is 9.97 Å². The van der Waals surface area contributed by atoms with E-state index in [0.717, 1.165) is 0 Å². The average molecular weight is 282 g/mol. The van der Waals surface area contributed by atoms with E-state index in [2.05, 4.69) is 28.3 Å². The van der Waals surface area contributed by atoms with Gasteiger partial charge in [-0.15, -0.1) is 11.3 Å². The number of aldehydes is 1. The van der Waals surface area contributed by atoms with Crippen LogP contribution in [0.5, 0.6) is 0 Å². The first kappa shape index (κ1) is 13.0. The summed E-state index contributed by atoms with van der Waals surface area (Å²) in [7, 11) is 0. The van der Waals surface area contributed by atoms with E-state index in [0.29, 0.717) is 30.0 Å². The summed E-state index contributed by atoms with van der Waals surface area (Å²) < 4.78 is 0. The van der Waals surface area contributed by atoms with Gasteiger partial charge in [0.2, 0.25) is 0 Å². The maximum Gasteiger partial charge on any atom is 0.156 e. The summed E-state index contributed by atoms with van der Waals surface area (Å²) in [6.07, 6.45) is 0.670. The normalized spacial score (nSPS) is 10.4. The van der Waals surface area contributed by atoms with E-state index < -0.39 is 0 Å². The molecular weight excluding hydrogens is 270 g/mol. The highest BCUT2D eigenvalue weighted by Gasteiger charge is 2.10. The highest BCUT2D eigenvalue weighted by atomic mass is 35.5. The van der Waals surface area contributed by atoms with Crippen molar-refractivity contribution in [1.82, 2.24) is 9.97 Å². The molecule has 6 heteroatoms. The van der Waals surface area contributed by atoms with E-state index >= 15 is 0 Å². The van der Waals surface area contributed by atoms with Crippen molar-refractivity contribution in [1.29, 1.82) is 0 Å². The largest absolute Gasteiger partial charge is 0.364 e. The van der Waals surface area contributed by atoms with Crippen LogP contribution in [-0.2, 0) is 6.54 Å². The number of aryl methyl sites for hydroxylation is 2. The van der Waals surface area contributed by atoms with Crippen LogP contribution < -0.4 is 5.32 Å².